The van der Waals surface area contributed by atoms with Crippen LogP contribution < -0.4 is 0 Å². The molecule has 1 aromatic carbocycles. The molecule has 0 aliphatic rings. The summed E-state index contributed by atoms with van der Waals surface area (Å²) in [4.78, 5) is 8.69. The van der Waals surface area contributed by atoms with Crippen molar-refractivity contribution in [3.63, 3.8) is 0 Å². The van der Waals surface area contributed by atoms with Crippen molar-refractivity contribution < 1.29 is 5.11 Å². The molecule has 6 heteroatoms. The van der Waals surface area contributed by atoms with Crippen molar-refractivity contribution in [1.29, 1.82) is 0 Å². The Morgan fingerprint density at radius 2 is 2.28 bits per heavy atom. The van der Waals surface area contributed by atoms with Crippen LogP contribution in [0.2, 0.25) is 0 Å². The van der Waals surface area contributed by atoms with Gasteiger partial charge in [0.2, 0.25) is 0 Å². The fourth-order valence-corrected chi connectivity index (χ4v) is 2.63. The van der Waals surface area contributed by atoms with Crippen molar-refractivity contribution >= 4 is 21.6 Å². The average Bonchev–Trinajstić information content (AvgIpc) is 2.93. The lowest BCUT2D eigenvalue weighted by Crippen LogP contribution is -2.02. The van der Waals surface area contributed by atoms with Crippen LogP contribution in [-0.4, -0.2) is 31.5 Å². The highest BCUT2D eigenvalue weighted by Crippen LogP contribution is 2.25. The zero-order valence-electron chi connectivity index (χ0n) is 9.87. The Bertz CT molecular complexity index is 688. The summed E-state index contributed by atoms with van der Waals surface area (Å²) in [6.07, 6.45) is 1.63. The van der Waals surface area contributed by atoms with E-state index in [0.29, 0.717) is 12.4 Å². The first-order chi connectivity index (χ1) is 8.76. The monoisotopic (exact) mass is 260 g/mol. The van der Waals surface area contributed by atoms with Gasteiger partial charge in [0, 0.05) is 5.56 Å². The van der Waals surface area contributed by atoms with Crippen molar-refractivity contribution in [3.8, 4) is 11.4 Å². The second-order valence-corrected chi connectivity index (χ2v) is 5.21. The first-order valence-corrected chi connectivity index (χ1v) is 6.46. The molecule has 18 heavy (non-hydrogen) atoms. The second kappa shape index (κ2) is 4.47. The molecule has 3 aromatic rings. The molecule has 2 aromatic heterocycles. The van der Waals surface area contributed by atoms with E-state index in [2.05, 4.69) is 15.1 Å². The largest absolute Gasteiger partial charge is 0.394 e. The summed E-state index contributed by atoms with van der Waals surface area (Å²) in [7, 11) is 0. The van der Waals surface area contributed by atoms with Crippen LogP contribution in [0.15, 0.2) is 24.5 Å². The fraction of sp³-hybridized carbons (Fsp3) is 0.250. The number of hydrogen-bond donors (Lipinski definition) is 1. The summed E-state index contributed by atoms with van der Waals surface area (Å²) in [6.45, 7) is 2.52. The number of nitrogens with zero attached hydrogens (tertiary/aromatic N) is 4. The van der Waals surface area contributed by atoms with Gasteiger partial charge < -0.3 is 5.11 Å². The molecule has 0 radical (unpaired) electrons. The van der Waals surface area contributed by atoms with Gasteiger partial charge in [-0.1, -0.05) is 0 Å². The molecule has 0 saturated carbocycles. The smallest absolute Gasteiger partial charge is 0.181 e. The number of thiazole rings is 1. The second-order valence-electron chi connectivity index (χ2n) is 3.97. The fourth-order valence-electron chi connectivity index (χ4n) is 1.82. The zero-order valence-corrected chi connectivity index (χ0v) is 10.7. The Balaban J connectivity index is 2.01. The van der Waals surface area contributed by atoms with Crippen LogP contribution in [0.4, 0.5) is 0 Å². The Labute approximate surface area is 108 Å². The maximum Gasteiger partial charge on any atom is 0.181 e. The highest BCUT2D eigenvalue weighted by atomic mass is 32.1. The molecule has 92 valence electrons. The number of benzene rings is 1. The van der Waals surface area contributed by atoms with E-state index in [-0.39, 0.29) is 6.61 Å². The van der Waals surface area contributed by atoms with Gasteiger partial charge in [-0.2, -0.15) is 5.10 Å². The standard InChI is InChI=1S/C12H12N4OS/c1-8-14-10-6-9(2-3-11(10)18-8)12-13-7-16(15-12)4-5-17/h2-3,6-7,17H,4-5H2,1H3. The van der Waals surface area contributed by atoms with Crippen LogP contribution >= 0.6 is 11.3 Å². The van der Waals surface area contributed by atoms with Gasteiger partial charge in [-0.3, -0.25) is 4.68 Å². The van der Waals surface area contributed by atoms with Gasteiger partial charge >= 0.3 is 0 Å². The molecule has 2 heterocycles. The van der Waals surface area contributed by atoms with E-state index >= 15 is 0 Å². The molecule has 0 spiro atoms. The van der Waals surface area contributed by atoms with Crippen LogP contribution in [0.25, 0.3) is 21.6 Å². The maximum absolute atomic E-state index is 8.85. The van der Waals surface area contributed by atoms with Crippen LogP contribution in [0.5, 0.6) is 0 Å². The van der Waals surface area contributed by atoms with E-state index in [1.54, 1.807) is 22.3 Å². The van der Waals surface area contributed by atoms with Crippen LogP contribution in [0.1, 0.15) is 5.01 Å². The summed E-state index contributed by atoms with van der Waals surface area (Å²) in [5, 5.41) is 14.2. The number of rotatable bonds is 3. The minimum Gasteiger partial charge on any atom is -0.394 e. The summed E-state index contributed by atoms with van der Waals surface area (Å²) < 4.78 is 2.80. The van der Waals surface area contributed by atoms with Crippen molar-refractivity contribution in [2.45, 2.75) is 13.5 Å². The third kappa shape index (κ3) is 2.00. The molecular weight excluding hydrogens is 248 g/mol. The van der Waals surface area contributed by atoms with Crippen LogP contribution in [0, 0.1) is 6.92 Å². The molecular formula is C12H12N4OS. The lowest BCUT2D eigenvalue weighted by Gasteiger charge is -1.96. The number of aliphatic hydroxyl groups excluding tert-OH is 1. The Morgan fingerprint density at radius 3 is 3.11 bits per heavy atom. The van der Waals surface area contributed by atoms with Crippen molar-refractivity contribution in [1.82, 2.24) is 19.7 Å². The van der Waals surface area contributed by atoms with Gasteiger partial charge in [0.15, 0.2) is 5.82 Å². The van der Waals surface area contributed by atoms with Gasteiger partial charge in [-0.15, -0.1) is 11.3 Å². The summed E-state index contributed by atoms with van der Waals surface area (Å²) in [6, 6.07) is 6.04. The Kier molecular flexibility index (Phi) is 2.81. The van der Waals surface area contributed by atoms with Crippen molar-refractivity contribution in [2.24, 2.45) is 0 Å². The SMILES string of the molecule is Cc1nc2cc(-c3ncn(CCO)n3)ccc2s1. The minimum absolute atomic E-state index is 0.0626. The predicted octanol–water partition coefficient (Wildman–Crippen LogP) is 1.86. The molecule has 0 fully saturated rings. The highest BCUT2D eigenvalue weighted by molar-refractivity contribution is 7.18. The third-order valence-corrected chi connectivity index (χ3v) is 3.57. The number of aliphatic hydroxyl groups is 1. The van der Waals surface area contributed by atoms with Crippen LogP contribution in [-0.2, 0) is 6.54 Å². The molecule has 0 bridgehead atoms. The molecule has 0 unspecified atom stereocenters. The predicted molar refractivity (Wildman–Crippen MR) is 70.5 cm³/mol. The molecule has 5 nitrogen and oxygen atoms in total. The first-order valence-electron chi connectivity index (χ1n) is 5.64. The lowest BCUT2D eigenvalue weighted by atomic mass is 10.2. The van der Waals surface area contributed by atoms with E-state index in [4.69, 9.17) is 5.11 Å². The van der Waals surface area contributed by atoms with Gasteiger partial charge in [-0.25, -0.2) is 9.97 Å². The Morgan fingerprint density at radius 1 is 1.39 bits per heavy atom. The molecule has 0 saturated heterocycles. The first kappa shape index (κ1) is 11.3. The van der Waals surface area contributed by atoms with E-state index in [9.17, 15) is 0 Å². The molecule has 0 amide bonds. The number of aromatic nitrogens is 4. The summed E-state index contributed by atoms with van der Waals surface area (Å²) in [5.41, 5.74) is 1.93. The number of hydrogen-bond acceptors (Lipinski definition) is 5. The highest BCUT2D eigenvalue weighted by Gasteiger charge is 2.07. The third-order valence-electron chi connectivity index (χ3n) is 2.62. The van der Waals surface area contributed by atoms with Gasteiger partial charge in [0.05, 0.1) is 28.4 Å². The van der Waals surface area contributed by atoms with E-state index in [1.165, 1.54) is 4.70 Å². The lowest BCUT2D eigenvalue weighted by molar-refractivity contribution is 0.269. The van der Waals surface area contributed by atoms with E-state index in [0.717, 1.165) is 16.1 Å². The quantitative estimate of drug-likeness (QED) is 0.780. The van der Waals surface area contributed by atoms with E-state index in [1.807, 2.05) is 25.1 Å². The molecule has 1 N–H and O–H groups in total. The van der Waals surface area contributed by atoms with Gasteiger partial charge in [0.1, 0.15) is 6.33 Å². The Hall–Kier alpha value is -1.79. The summed E-state index contributed by atoms with van der Waals surface area (Å²) in [5.74, 6) is 0.663. The normalized spacial score (nSPS) is 11.2. The molecule has 0 atom stereocenters. The van der Waals surface area contributed by atoms with E-state index < -0.39 is 0 Å². The topological polar surface area (TPSA) is 63.8 Å². The molecule has 0 aliphatic carbocycles. The van der Waals surface area contributed by atoms with Crippen molar-refractivity contribution in [3.05, 3.63) is 29.5 Å². The number of fused-ring (bicyclic) bond motifs is 1. The van der Waals surface area contributed by atoms with Gasteiger partial charge in [0.25, 0.3) is 0 Å². The maximum atomic E-state index is 8.85. The van der Waals surface area contributed by atoms with Crippen molar-refractivity contribution in [2.75, 3.05) is 6.61 Å². The molecule has 0 aliphatic heterocycles. The molecule has 3 rings (SSSR count). The average molecular weight is 260 g/mol. The van der Waals surface area contributed by atoms with Gasteiger partial charge in [-0.05, 0) is 25.1 Å². The van der Waals surface area contributed by atoms with Crippen LogP contribution in [0.3, 0.4) is 0 Å². The summed E-state index contributed by atoms with van der Waals surface area (Å²) >= 11 is 1.68. The minimum atomic E-state index is 0.0626. The zero-order chi connectivity index (χ0) is 12.5. The number of aryl methyl sites for hydroxylation is 1.